The fourth-order valence-corrected chi connectivity index (χ4v) is 2.84. The van der Waals surface area contributed by atoms with Crippen LogP contribution in [0, 0.1) is 5.41 Å². The first-order chi connectivity index (χ1) is 9.03. The van der Waals surface area contributed by atoms with Crippen LogP contribution in [0.2, 0.25) is 0 Å². The molecule has 0 atom stereocenters. The number of carbonyl (C=O) groups is 2. The van der Waals surface area contributed by atoms with Crippen molar-refractivity contribution >= 4 is 23.3 Å². The zero-order valence-corrected chi connectivity index (χ0v) is 11.7. The third-order valence-electron chi connectivity index (χ3n) is 3.69. The summed E-state index contributed by atoms with van der Waals surface area (Å²) >= 11 is 1.59. The molecule has 1 fully saturated rings. The van der Waals surface area contributed by atoms with Gasteiger partial charge in [-0.2, -0.15) is 11.3 Å². The van der Waals surface area contributed by atoms with E-state index < -0.39 is 11.4 Å². The highest BCUT2D eigenvalue weighted by molar-refractivity contribution is 7.07. The summed E-state index contributed by atoms with van der Waals surface area (Å²) in [4.78, 5) is 24.6. The Morgan fingerprint density at radius 1 is 1.53 bits per heavy atom. The maximum atomic E-state index is 11.9. The number of hydrogen-bond donors (Lipinski definition) is 2. The van der Waals surface area contributed by atoms with Crippen LogP contribution in [0.1, 0.15) is 24.8 Å². The number of carboxylic acids is 1. The molecular formula is C13H18N2O3S. The van der Waals surface area contributed by atoms with E-state index in [0.29, 0.717) is 19.4 Å². The van der Waals surface area contributed by atoms with E-state index in [2.05, 4.69) is 5.32 Å². The number of urea groups is 1. The van der Waals surface area contributed by atoms with Gasteiger partial charge in [-0.05, 0) is 35.2 Å². The molecule has 2 amide bonds. The highest BCUT2D eigenvalue weighted by Crippen LogP contribution is 2.40. The SMILES string of the molecule is CN(Cc1ccsc1)C(=O)NCC1(C(=O)O)CCC1. The Labute approximate surface area is 116 Å². The van der Waals surface area contributed by atoms with Crippen LogP contribution < -0.4 is 5.32 Å². The van der Waals surface area contributed by atoms with Crippen LogP contribution in [0.3, 0.4) is 0 Å². The van der Waals surface area contributed by atoms with Gasteiger partial charge in [-0.25, -0.2) is 4.79 Å². The van der Waals surface area contributed by atoms with E-state index in [1.54, 1.807) is 23.3 Å². The third-order valence-corrected chi connectivity index (χ3v) is 4.42. The molecule has 19 heavy (non-hydrogen) atoms. The number of nitrogens with one attached hydrogen (secondary N) is 1. The Hall–Kier alpha value is -1.56. The average Bonchev–Trinajstić information content (AvgIpc) is 2.79. The predicted molar refractivity (Wildman–Crippen MR) is 73.1 cm³/mol. The van der Waals surface area contributed by atoms with Crippen molar-refractivity contribution in [3.05, 3.63) is 22.4 Å². The van der Waals surface area contributed by atoms with Crippen LogP contribution in [0.4, 0.5) is 4.79 Å². The number of carboxylic acid groups (broad SMARTS) is 1. The minimum Gasteiger partial charge on any atom is -0.481 e. The summed E-state index contributed by atoms with van der Waals surface area (Å²) in [6.45, 7) is 0.755. The Bertz CT molecular complexity index is 454. The molecule has 104 valence electrons. The highest BCUT2D eigenvalue weighted by Gasteiger charge is 2.44. The van der Waals surface area contributed by atoms with E-state index in [9.17, 15) is 14.7 Å². The lowest BCUT2D eigenvalue weighted by molar-refractivity contribution is -0.153. The summed E-state index contributed by atoms with van der Waals surface area (Å²) in [5.41, 5.74) is 0.345. The molecule has 0 aromatic carbocycles. The number of hydrogen-bond acceptors (Lipinski definition) is 3. The van der Waals surface area contributed by atoms with E-state index in [-0.39, 0.29) is 12.6 Å². The molecule has 1 saturated carbocycles. The van der Waals surface area contributed by atoms with Crippen molar-refractivity contribution in [3.8, 4) is 0 Å². The lowest BCUT2D eigenvalue weighted by Crippen LogP contribution is -2.49. The van der Waals surface area contributed by atoms with Gasteiger partial charge in [0.2, 0.25) is 0 Å². The first kappa shape index (κ1) is 13.9. The number of rotatable bonds is 5. The Morgan fingerprint density at radius 2 is 2.26 bits per heavy atom. The highest BCUT2D eigenvalue weighted by atomic mass is 32.1. The van der Waals surface area contributed by atoms with E-state index in [4.69, 9.17) is 0 Å². The molecule has 0 radical (unpaired) electrons. The Balaban J connectivity index is 1.82. The standard InChI is InChI=1S/C13H18N2O3S/c1-15(7-10-3-6-19-8-10)12(18)14-9-13(11(16)17)4-2-5-13/h3,6,8H,2,4-5,7,9H2,1H3,(H,14,18)(H,16,17). The van der Waals surface area contributed by atoms with Crippen LogP contribution in [0.15, 0.2) is 16.8 Å². The van der Waals surface area contributed by atoms with Crippen LogP contribution in [0.25, 0.3) is 0 Å². The van der Waals surface area contributed by atoms with Gasteiger partial charge in [0.25, 0.3) is 0 Å². The minimum absolute atomic E-state index is 0.217. The van der Waals surface area contributed by atoms with Gasteiger partial charge in [0.1, 0.15) is 0 Å². The average molecular weight is 282 g/mol. The van der Waals surface area contributed by atoms with Crippen LogP contribution >= 0.6 is 11.3 Å². The molecule has 0 unspecified atom stereocenters. The number of aliphatic carboxylic acids is 1. The molecule has 1 aromatic heterocycles. The molecule has 1 aliphatic rings. The van der Waals surface area contributed by atoms with Gasteiger partial charge in [0.15, 0.2) is 0 Å². The molecule has 1 heterocycles. The van der Waals surface area contributed by atoms with Crippen molar-refractivity contribution in [1.29, 1.82) is 0 Å². The van der Waals surface area contributed by atoms with E-state index in [1.165, 1.54) is 0 Å². The largest absolute Gasteiger partial charge is 0.481 e. The number of thiophene rings is 1. The molecule has 0 bridgehead atoms. The van der Waals surface area contributed by atoms with Crippen LogP contribution in [0.5, 0.6) is 0 Å². The summed E-state index contributed by atoms with van der Waals surface area (Å²) in [6, 6.07) is 1.75. The first-order valence-electron chi connectivity index (χ1n) is 6.27. The van der Waals surface area contributed by atoms with Crippen LogP contribution in [-0.2, 0) is 11.3 Å². The maximum Gasteiger partial charge on any atom is 0.317 e. The normalized spacial score (nSPS) is 16.5. The zero-order chi connectivity index (χ0) is 13.9. The van der Waals surface area contributed by atoms with Gasteiger partial charge in [-0.1, -0.05) is 6.42 Å². The first-order valence-corrected chi connectivity index (χ1v) is 7.21. The minimum atomic E-state index is -0.806. The van der Waals surface area contributed by atoms with Crippen molar-refractivity contribution < 1.29 is 14.7 Å². The summed E-state index contributed by atoms with van der Waals surface area (Å²) in [5, 5.41) is 15.9. The van der Waals surface area contributed by atoms with E-state index in [0.717, 1.165) is 12.0 Å². The summed E-state index contributed by atoms with van der Waals surface area (Å²) in [6.07, 6.45) is 2.22. The second-order valence-electron chi connectivity index (χ2n) is 5.09. The summed E-state index contributed by atoms with van der Waals surface area (Å²) in [5.74, 6) is -0.806. The Morgan fingerprint density at radius 3 is 2.74 bits per heavy atom. The second kappa shape index (κ2) is 5.61. The van der Waals surface area contributed by atoms with Gasteiger partial charge in [-0.15, -0.1) is 0 Å². The second-order valence-corrected chi connectivity index (χ2v) is 5.87. The molecule has 2 rings (SSSR count). The van der Waals surface area contributed by atoms with Crippen molar-refractivity contribution in [3.63, 3.8) is 0 Å². The molecule has 5 nitrogen and oxygen atoms in total. The lowest BCUT2D eigenvalue weighted by Gasteiger charge is -2.37. The predicted octanol–water partition coefficient (Wildman–Crippen LogP) is 2.14. The van der Waals surface area contributed by atoms with Crippen molar-refractivity contribution in [2.75, 3.05) is 13.6 Å². The number of nitrogens with zero attached hydrogens (tertiary/aromatic N) is 1. The molecule has 1 aliphatic carbocycles. The zero-order valence-electron chi connectivity index (χ0n) is 10.9. The molecule has 1 aromatic rings. The number of amides is 2. The fourth-order valence-electron chi connectivity index (χ4n) is 2.18. The Kier molecular flexibility index (Phi) is 4.09. The van der Waals surface area contributed by atoms with E-state index in [1.807, 2.05) is 16.8 Å². The van der Waals surface area contributed by atoms with Gasteiger partial charge in [0, 0.05) is 20.1 Å². The molecule has 0 spiro atoms. The third kappa shape index (κ3) is 3.07. The van der Waals surface area contributed by atoms with Gasteiger partial charge in [-0.3, -0.25) is 4.79 Å². The summed E-state index contributed by atoms with van der Waals surface area (Å²) < 4.78 is 0. The monoisotopic (exact) mass is 282 g/mol. The quantitative estimate of drug-likeness (QED) is 0.869. The molecule has 0 aliphatic heterocycles. The van der Waals surface area contributed by atoms with Crippen molar-refractivity contribution in [2.45, 2.75) is 25.8 Å². The lowest BCUT2D eigenvalue weighted by atomic mass is 9.69. The molecule has 2 N–H and O–H groups in total. The maximum absolute atomic E-state index is 11.9. The van der Waals surface area contributed by atoms with Gasteiger partial charge >= 0.3 is 12.0 Å². The van der Waals surface area contributed by atoms with Crippen LogP contribution in [-0.4, -0.2) is 35.6 Å². The fraction of sp³-hybridized carbons (Fsp3) is 0.538. The van der Waals surface area contributed by atoms with E-state index >= 15 is 0 Å². The smallest absolute Gasteiger partial charge is 0.317 e. The molecule has 6 heteroatoms. The van der Waals surface area contributed by atoms with Gasteiger partial charge < -0.3 is 15.3 Å². The summed E-state index contributed by atoms with van der Waals surface area (Å²) in [7, 11) is 1.71. The molecule has 0 saturated heterocycles. The molecular weight excluding hydrogens is 264 g/mol. The van der Waals surface area contributed by atoms with Crippen molar-refractivity contribution in [2.24, 2.45) is 5.41 Å². The van der Waals surface area contributed by atoms with Crippen molar-refractivity contribution in [1.82, 2.24) is 10.2 Å². The topological polar surface area (TPSA) is 69.6 Å². The van der Waals surface area contributed by atoms with Gasteiger partial charge in [0.05, 0.1) is 5.41 Å². The number of carbonyl (C=O) groups excluding carboxylic acids is 1.